The van der Waals surface area contributed by atoms with Crippen LogP contribution in [0.4, 0.5) is 0 Å². The Hall–Kier alpha value is -1.55. The molecule has 0 saturated carbocycles. The maximum Gasteiger partial charge on any atom is 0.220 e. The van der Waals surface area contributed by atoms with Gasteiger partial charge >= 0.3 is 0 Å². The number of amides is 1. The van der Waals surface area contributed by atoms with Crippen LogP contribution in [0.3, 0.4) is 0 Å². The van der Waals surface area contributed by atoms with Gasteiger partial charge in [-0.1, -0.05) is 12.1 Å². The van der Waals surface area contributed by atoms with Crippen LogP contribution in [-0.4, -0.2) is 26.1 Å². The summed E-state index contributed by atoms with van der Waals surface area (Å²) < 4.78 is 5.14. The lowest BCUT2D eigenvalue weighted by molar-refractivity contribution is -0.122. The topological polar surface area (TPSA) is 50.4 Å². The monoisotopic (exact) mass is 276 g/mol. The van der Waals surface area contributed by atoms with E-state index in [1.807, 2.05) is 31.2 Å². The minimum atomic E-state index is 0.0371. The molecule has 0 aromatic heterocycles. The first-order valence-electron chi connectivity index (χ1n) is 7.33. The molecule has 1 amide bonds. The number of hydrogen-bond donors (Lipinski definition) is 2. The van der Waals surface area contributed by atoms with Gasteiger partial charge in [0.2, 0.25) is 5.91 Å². The molecule has 0 aliphatic carbocycles. The minimum Gasteiger partial charge on any atom is -0.497 e. The van der Waals surface area contributed by atoms with Gasteiger partial charge < -0.3 is 15.4 Å². The molecule has 1 fully saturated rings. The van der Waals surface area contributed by atoms with E-state index in [0.29, 0.717) is 12.3 Å². The van der Waals surface area contributed by atoms with Gasteiger partial charge in [-0.2, -0.15) is 0 Å². The highest BCUT2D eigenvalue weighted by atomic mass is 16.5. The Morgan fingerprint density at radius 2 is 2.00 bits per heavy atom. The second-order valence-corrected chi connectivity index (χ2v) is 5.46. The third kappa shape index (κ3) is 4.23. The molecule has 1 aliphatic rings. The molecule has 0 bridgehead atoms. The number of hydrogen-bond acceptors (Lipinski definition) is 3. The minimum absolute atomic E-state index is 0.0371. The SMILES string of the molecule is COc1ccc(C(C)NC(=O)CC2CCNCC2)cc1. The lowest BCUT2D eigenvalue weighted by Gasteiger charge is -2.23. The van der Waals surface area contributed by atoms with Crippen molar-refractivity contribution in [2.45, 2.75) is 32.2 Å². The zero-order valence-electron chi connectivity index (χ0n) is 12.3. The highest BCUT2D eigenvalue weighted by Crippen LogP contribution is 2.19. The third-order valence-corrected chi connectivity index (χ3v) is 3.93. The summed E-state index contributed by atoms with van der Waals surface area (Å²) in [6, 6.07) is 7.87. The van der Waals surface area contributed by atoms with Gasteiger partial charge in [0.05, 0.1) is 13.2 Å². The third-order valence-electron chi connectivity index (χ3n) is 3.93. The number of piperidine rings is 1. The Labute approximate surface area is 120 Å². The van der Waals surface area contributed by atoms with E-state index >= 15 is 0 Å². The van der Waals surface area contributed by atoms with Crippen LogP contribution in [0.2, 0.25) is 0 Å². The van der Waals surface area contributed by atoms with Gasteiger partial charge in [-0.3, -0.25) is 4.79 Å². The van der Waals surface area contributed by atoms with Gasteiger partial charge in [-0.25, -0.2) is 0 Å². The van der Waals surface area contributed by atoms with E-state index in [4.69, 9.17) is 4.74 Å². The van der Waals surface area contributed by atoms with Crippen molar-refractivity contribution in [1.82, 2.24) is 10.6 Å². The van der Waals surface area contributed by atoms with Crippen molar-refractivity contribution in [3.05, 3.63) is 29.8 Å². The van der Waals surface area contributed by atoms with Gasteiger partial charge in [-0.05, 0) is 56.5 Å². The average molecular weight is 276 g/mol. The first-order valence-corrected chi connectivity index (χ1v) is 7.33. The Bertz CT molecular complexity index is 425. The number of carbonyl (C=O) groups excluding carboxylic acids is 1. The molecule has 4 nitrogen and oxygen atoms in total. The number of benzene rings is 1. The van der Waals surface area contributed by atoms with E-state index in [2.05, 4.69) is 10.6 Å². The number of nitrogens with one attached hydrogen (secondary N) is 2. The molecule has 2 rings (SSSR count). The van der Waals surface area contributed by atoms with Crippen LogP contribution in [-0.2, 0) is 4.79 Å². The fourth-order valence-electron chi connectivity index (χ4n) is 2.62. The molecular weight excluding hydrogens is 252 g/mol. The summed E-state index contributed by atoms with van der Waals surface area (Å²) in [7, 11) is 1.65. The molecule has 1 aromatic carbocycles. The largest absolute Gasteiger partial charge is 0.497 e. The number of rotatable bonds is 5. The molecule has 1 aromatic rings. The van der Waals surface area contributed by atoms with E-state index in [1.165, 1.54) is 0 Å². The molecule has 4 heteroatoms. The van der Waals surface area contributed by atoms with Gasteiger partial charge in [0.25, 0.3) is 0 Å². The molecule has 2 N–H and O–H groups in total. The van der Waals surface area contributed by atoms with Crippen LogP contribution < -0.4 is 15.4 Å². The normalized spacial score (nSPS) is 17.5. The Kier molecular flexibility index (Phi) is 5.41. The molecule has 1 atom stereocenters. The van der Waals surface area contributed by atoms with Gasteiger partial charge in [0.15, 0.2) is 0 Å². The van der Waals surface area contributed by atoms with Crippen LogP contribution in [0.25, 0.3) is 0 Å². The summed E-state index contributed by atoms with van der Waals surface area (Å²) >= 11 is 0. The highest BCUT2D eigenvalue weighted by Gasteiger charge is 2.18. The van der Waals surface area contributed by atoms with Gasteiger partial charge in [0, 0.05) is 6.42 Å². The fourth-order valence-corrected chi connectivity index (χ4v) is 2.62. The molecule has 0 radical (unpaired) electrons. The zero-order valence-corrected chi connectivity index (χ0v) is 12.3. The summed E-state index contributed by atoms with van der Waals surface area (Å²) in [6.45, 7) is 4.08. The summed E-state index contributed by atoms with van der Waals surface area (Å²) in [4.78, 5) is 12.1. The number of carbonyl (C=O) groups is 1. The van der Waals surface area contributed by atoms with E-state index < -0.39 is 0 Å². The standard InChI is InChI=1S/C16H24N2O2/c1-12(14-3-5-15(20-2)6-4-14)18-16(19)11-13-7-9-17-10-8-13/h3-6,12-13,17H,7-11H2,1-2H3,(H,18,19). The van der Waals surface area contributed by atoms with Gasteiger partial charge in [-0.15, -0.1) is 0 Å². The Morgan fingerprint density at radius 1 is 1.35 bits per heavy atom. The molecule has 1 saturated heterocycles. The van der Waals surface area contributed by atoms with E-state index in [-0.39, 0.29) is 11.9 Å². The van der Waals surface area contributed by atoms with Crippen molar-refractivity contribution in [1.29, 1.82) is 0 Å². The van der Waals surface area contributed by atoms with Crippen molar-refractivity contribution in [2.75, 3.05) is 20.2 Å². The second-order valence-electron chi connectivity index (χ2n) is 5.46. The maximum atomic E-state index is 12.1. The highest BCUT2D eigenvalue weighted by molar-refractivity contribution is 5.76. The zero-order chi connectivity index (χ0) is 14.4. The quantitative estimate of drug-likeness (QED) is 0.867. The number of ether oxygens (including phenoxy) is 1. The van der Waals surface area contributed by atoms with Crippen molar-refractivity contribution in [2.24, 2.45) is 5.92 Å². The summed E-state index contributed by atoms with van der Waals surface area (Å²) in [5.74, 6) is 1.52. The van der Waals surface area contributed by atoms with Crippen molar-refractivity contribution >= 4 is 5.91 Å². The van der Waals surface area contributed by atoms with Crippen LogP contribution in [0.5, 0.6) is 5.75 Å². The summed E-state index contributed by atoms with van der Waals surface area (Å²) in [5, 5.41) is 6.40. The van der Waals surface area contributed by atoms with Crippen LogP contribution >= 0.6 is 0 Å². The average Bonchev–Trinajstić information content (AvgIpc) is 2.48. The Balaban J connectivity index is 1.82. The first kappa shape index (κ1) is 14.9. The predicted molar refractivity (Wildman–Crippen MR) is 79.8 cm³/mol. The molecule has 1 unspecified atom stereocenters. The number of methoxy groups -OCH3 is 1. The molecule has 0 spiro atoms. The molecule has 20 heavy (non-hydrogen) atoms. The van der Waals surface area contributed by atoms with E-state index in [9.17, 15) is 4.79 Å². The second kappa shape index (κ2) is 7.29. The van der Waals surface area contributed by atoms with Crippen molar-refractivity contribution in [3.63, 3.8) is 0 Å². The fraction of sp³-hybridized carbons (Fsp3) is 0.562. The molecule has 1 heterocycles. The molecule has 1 aliphatic heterocycles. The predicted octanol–water partition coefficient (Wildman–Crippen LogP) is 2.26. The van der Waals surface area contributed by atoms with Gasteiger partial charge in [0.1, 0.15) is 5.75 Å². The van der Waals surface area contributed by atoms with E-state index in [1.54, 1.807) is 7.11 Å². The van der Waals surface area contributed by atoms with E-state index in [0.717, 1.165) is 37.2 Å². The van der Waals surface area contributed by atoms with Crippen LogP contribution in [0, 0.1) is 5.92 Å². The lowest BCUT2D eigenvalue weighted by atomic mass is 9.94. The summed E-state index contributed by atoms with van der Waals surface area (Å²) in [6.07, 6.45) is 2.84. The lowest BCUT2D eigenvalue weighted by Crippen LogP contribution is -2.33. The maximum absolute atomic E-state index is 12.1. The first-order chi connectivity index (χ1) is 9.69. The Morgan fingerprint density at radius 3 is 2.60 bits per heavy atom. The molecular formula is C16H24N2O2. The van der Waals surface area contributed by atoms with Crippen LogP contribution in [0.1, 0.15) is 37.8 Å². The van der Waals surface area contributed by atoms with Crippen molar-refractivity contribution < 1.29 is 9.53 Å². The van der Waals surface area contributed by atoms with Crippen LogP contribution in [0.15, 0.2) is 24.3 Å². The van der Waals surface area contributed by atoms with Crippen molar-refractivity contribution in [3.8, 4) is 5.75 Å². The molecule has 110 valence electrons. The smallest absolute Gasteiger partial charge is 0.220 e. The summed E-state index contributed by atoms with van der Waals surface area (Å²) in [5.41, 5.74) is 1.10.